The zero-order valence-corrected chi connectivity index (χ0v) is 10.7. The topological polar surface area (TPSA) is 45.5 Å². The van der Waals surface area contributed by atoms with E-state index >= 15 is 0 Å². The molecule has 1 aromatic rings. The Hall–Kier alpha value is -1.29. The minimum atomic E-state index is -0.118. The van der Waals surface area contributed by atoms with Crippen molar-refractivity contribution in [1.29, 1.82) is 0 Å². The maximum atomic E-state index is 12.1. The van der Waals surface area contributed by atoms with Crippen molar-refractivity contribution in [2.24, 2.45) is 5.92 Å². The van der Waals surface area contributed by atoms with Crippen LogP contribution in [0.3, 0.4) is 0 Å². The van der Waals surface area contributed by atoms with Crippen LogP contribution in [0.15, 0.2) is 22.8 Å². The molecule has 0 radical (unpaired) electrons. The lowest BCUT2D eigenvalue weighted by Gasteiger charge is -2.35. The molecule has 94 valence electrons. The van der Waals surface area contributed by atoms with Gasteiger partial charge in [0.05, 0.1) is 12.8 Å². The molecule has 0 saturated carbocycles. The van der Waals surface area contributed by atoms with Gasteiger partial charge in [0.25, 0.3) is 0 Å². The molecule has 1 atom stereocenters. The molecule has 1 unspecified atom stereocenters. The summed E-state index contributed by atoms with van der Waals surface area (Å²) in [5, 5.41) is 3.16. The molecule has 2 rings (SSSR count). The van der Waals surface area contributed by atoms with Gasteiger partial charge in [-0.1, -0.05) is 0 Å². The van der Waals surface area contributed by atoms with Crippen LogP contribution in [0.1, 0.15) is 26.0 Å². The SMILES string of the molecule is CNCC1CC(=O)N(Cc2ccco2)C1(C)C. The molecule has 1 N–H and O–H groups in total. The van der Waals surface area contributed by atoms with Crippen molar-refractivity contribution in [3.63, 3.8) is 0 Å². The maximum Gasteiger partial charge on any atom is 0.223 e. The lowest BCUT2D eigenvalue weighted by Crippen LogP contribution is -2.45. The van der Waals surface area contributed by atoms with E-state index in [2.05, 4.69) is 19.2 Å². The first-order chi connectivity index (χ1) is 8.05. The van der Waals surface area contributed by atoms with Gasteiger partial charge in [-0.2, -0.15) is 0 Å². The van der Waals surface area contributed by atoms with Gasteiger partial charge in [0.1, 0.15) is 5.76 Å². The summed E-state index contributed by atoms with van der Waals surface area (Å²) in [6.45, 7) is 5.69. The molecule has 0 aliphatic carbocycles. The standard InChI is InChI=1S/C13H20N2O2/c1-13(2)10(8-14-3)7-12(16)15(13)9-11-5-4-6-17-11/h4-6,10,14H,7-9H2,1-3H3. The van der Waals surface area contributed by atoms with E-state index in [4.69, 9.17) is 4.42 Å². The fourth-order valence-corrected chi connectivity index (χ4v) is 2.53. The van der Waals surface area contributed by atoms with Gasteiger partial charge in [-0.05, 0) is 33.0 Å². The summed E-state index contributed by atoms with van der Waals surface area (Å²) >= 11 is 0. The van der Waals surface area contributed by atoms with Gasteiger partial charge in [0, 0.05) is 24.4 Å². The molecule has 0 spiro atoms. The van der Waals surface area contributed by atoms with E-state index in [0.717, 1.165) is 12.3 Å². The van der Waals surface area contributed by atoms with Crippen LogP contribution in [0.4, 0.5) is 0 Å². The Kier molecular flexibility index (Phi) is 3.24. The van der Waals surface area contributed by atoms with Crippen LogP contribution in [-0.4, -0.2) is 29.9 Å². The summed E-state index contributed by atoms with van der Waals surface area (Å²) in [6, 6.07) is 3.77. The van der Waals surface area contributed by atoms with Crippen LogP contribution in [0.25, 0.3) is 0 Å². The zero-order chi connectivity index (χ0) is 12.5. The van der Waals surface area contributed by atoms with Crippen molar-refractivity contribution < 1.29 is 9.21 Å². The number of hydrogen-bond donors (Lipinski definition) is 1. The average molecular weight is 236 g/mol. The number of amides is 1. The fourth-order valence-electron chi connectivity index (χ4n) is 2.53. The monoisotopic (exact) mass is 236 g/mol. The minimum absolute atomic E-state index is 0.118. The highest BCUT2D eigenvalue weighted by Crippen LogP contribution is 2.36. The predicted octanol–water partition coefficient (Wildman–Crippen LogP) is 1.63. The van der Waals surface area contributed by atoms with E-state index in [1.807, 2.05) is 24.1 Å². The summed E-state index contributed by atoms with van der Waals surface area (Å²) < 4.78 is 5.32. The molecule has 1 aromatic heterocycles. The normalized spacial score (nSPS) is 23.4. The van der Waals surface area contributed by atoms with Gasteiger partial charge in [-0.15, -0.1) is 0 Å². The van der Waals surface area contributed by atoms with E-state index in [1.165, 1.54) is 0 Å². The third-order valence-electron chi connectivity index (χ3n) is 3.76. The van der Waals surface area contributed by atoms with Gasteiger partial charge in [0.2, 0.25) is 5.91 Å². The number of nitrogens with one attached hydrogen (secondary N) is 1. The van der Waals surface area contributed by atoms with Crippen LogP contribution >= 0.6 is 0 Å². The van der Waals surface area contributed by atoms with Crippen molar-refractivity contribution >= 4 is 5.91 Å². The molecule has 0 bridgehead atoms. The molecule has 1 amide bonds. The van der Waals surface area contributed by atoms with Gasteiger partial charge >= 0.3 is 0 Å². The summed E-state index contributed by atoms with van der Waals surface area (Å²) in [7, 11) is 1.93. The van der Waals surface area contributed by atoms with E-state index in [9.17, 15) is 4.79 Å². The summed E-state index contributed by atoms with van der Waals surface area (Å²) in [4.78, 5) is 14.0. The average Bonchev–Trinajstić information content (AvgIpc) is 2.83. The molecule has 2 heterocycles. The first-order valence-corrected chi connectivity index (χ1v) is 6.03. The van der Waals surface area contributed by atoms with Crippen molar-refractivity contribution in [3.05, 3.63) is 24.2 Å². The first kappa shape index (κ1) is 12.2. The molecule has 4 nitrogen and oxygen atoms in total. The number of nitrogens with zero attached hydrogens (tertiary/aromatic N) is 1. The summed E-state index contributed by atoms with van der Waals surface area (Å²) in [6.07, 6.45) is 2.27. The van der Waals surface area contributed by atoms with Crippen molar-refractivity contribution in [3.8, 4) is 0 Å². The Morgan fingerprint density at radius 2 is 2.35 bits per heavy atom. The molecule has 0 aromatic carbocycles. The number of hydrogen-bond acceptors (Lipinski definition) is 3. The van der Waals surface area contributed by atoms with Crippen LogP contribution in [0, 0.1) is 5.92 Å². The number of furan rings is 1. The number of rotatable bonds is 4. The van der Waals surface area contributed by atoms with Crippen LogP contribution in [-0.2, 0) is 11.3 Å². The highest BCUT2D eigenvalue weighted by Gasteiger charge is 2.45. The van der Waals surface area contributed by atoms with Crippen molar-refractivity contribution in [1.82, 2.24) is 10.2 Å². The van der Waals surface area contributed by atoms with Gasteiger partial charge in [0.15, 0.2) is 0 Å². The maximum absolute atomic E-state index is 12.1. The third kappa shape index (κ3) is 2.22. The second kappa shape index (κ2) is 4.53. The molecule has 17 heavy (non-hydrogen) atoms. The highest BCUT2D eigenvalue weighted by atomic mass is 16.3. The molecule has 1 fully saturated rings. The molecule has 1 aliphatic heterocycles. The van der Waals surface area contributed by atoms with Crippen molar-refractivity contribution in [2.75, 3.05) is 13.6 Å². The van der Waals surface area contributed by atoms with Gasteiger partial charge in [-0.25, -0.2) is 0 Å². The summed E-state index contributed by atoms with van der Waals surface area (Å²) in [5.41, 5.74) is -0.118. The fraction of sp³-hybridized carbons (Fsp3) is 0.615. The van der Waals surface area contributed by atoms with E-state index in [0.29, 0.717) is 18.9 Å². The Balaban J connectivity index is 2.13. The lowest BCUT2D eigenvalue weighted by atomic mass is 9.88. The number of likely N-dealkylation sites (tertiary alicyclic amines) is 1. The highest BCUT2D eigenvalue weighted by molar-refractivity contribution is 5.80. The lowest BCUT2D eigenvalue weighted by molar-refractivity contribution is -0.131. The zero-order valence-electron chi connectivity index (χ0n) is 10.7. The van der Waals surface area contributed by atoms with E-state index in [-0.39, 0.29) is 11.4 Å². The Bertz CT molecular complexity index is 384. The van der Waals surface area contributed by atoms with Crippen LogP contribution in [0.2, 0.25) is 0 Å². The second-order valence-corrected chi connectivity index (χ2v) is 5.17. The van der Waals surface area contributed by atoms with Crippen LogP contribution in [0.5, 0.6) is 0 Å². The Morgan fingerprint density at radius 1 is 1.59 bits per heavy atom. The molecular formula is C13H20N2O2. The van der Waals surface area contributed by atoms with Gasteiger partial charge in [-0.3, -0.25) is 4.79 Å². The minimum Gasteiger partial charge on any atom is -0.467 e. The second-order valence-electron chi connectivity index (χ2n) is 5.17. The summed E-state index contributed by atoms with van der Waals surface area (Å²) in [5.74, 6) is 1.41. The Labute approximate surface area is 102 Å². The first-order valence-electron chi connectivity index (χ1n) is 6.03. The quantitative estimate of drug-likeness (QED) is 0.864. The Morgan fingerprint density at radius 3 is 2.94 bits per heavy atom. The van der Waals surface area contributed by atoms with Crippen LogP contribution < -0.4 is 5.32 Å². The van der Waals surface area contributed by atoms with E-state index in [1.54, 1.807) is 6.26 Å². The third-order valence-corrected chi connectivity index (χ3v) is 3.76. The smallest absolute Gasteiger partial charge is 0.223 e. The number of carbonyl (C=O) groups is 1. The van der Waals surface area contributed by atoms with Crippen molar-refractivity contribution in [2.45, 2.75) is 32.4 Å². The molecule has 1 aliphatic rings. The largest absolute Gasteiger partial charge is 0.467 e. The molecule has 4 heteroatoms. The number of carbonyl (C=O) groups excluding carboxylic acids is 1. The molecular weight excluding hydrogens is 216 g/mol. The molecule has 1 saturated heterocycles. The van der Waals surface area contributed by atoms with E-state index < -0.39 is 0 Å². The van der Waals surface area contributed by atoms with Gasteiger partial charge < -0.3 is 14.6 Å². The predicted molar refractivity (Wildman–Crippen MR) is 65.4 cm³/mol.